The number of nitrogens with zero attached hydrogens (tertiary/aromatic N) is 1. The third kappa shape index (κ3) is 4.03. The van der Waals surface area contributed by atoms with E-state index in [1.165, 1.54) is 66.9 Å². The van der Waals surface area contributed by atoms with E-state index in [9.17, 15) is 13.2 Å². The van der Waals surface area contributed by atoms with Gasteiger partial charge in [-0.15, -0.1) is 11.3 Å². The molecule has 1 aliphatic carbocycles. The minimum absolute atomic E-state index is 0.00362. The van der Waals surface area contributed by atoms with Crippen molar-refractivity contribution in [2.45, 2.75) is 30.2 Å². The number of sulfonamides is 1. The number of rotatable bonds is 7. The van der Waals surface area contributed by atoms with Crippen LogP contribution in [0.4, 0.5) is 5.69 Å². The molecule has 9 heteroatoms. The number of thiazole rings is 1. The highest BCUT2D eigenvalue weighted by Gasteiger charge is 2.22. The van der Waals surface area contributed by atoms with Crippen molar-refractivity contribution in [3.63, 3.8) is 0 Å². The Morgan fingerprint density at radius 1 is 1.20 bits per heavy atom. The molecule has 1 saturated carbocycles. The molecule has 1 aromatic heterocycles. The van der Waals surface area contributed by atoms with Crippen LogP contribution >= 0.6 is 11.3 Å². The fourth-order valence-electron chi connectivity index (χ4n) is 3.26. The topological polar surface area (TPSA) is 106 Å². The fourth-order valence-corrected chi connectivity index (χ4v) is 5.43. The van der Waals surface area contributed by atoms with Crippen LogP contribution < -0.4 is 9.46 Å². The summed E-state index contributed by atoms with van der Waals surface area (Å²) in [5.41, 5.74) is 2.32. The van der Waals surface area contributed by atoms with Gasteiger partial charge in [-0.1, -0.05) is 30.7 Å². The first-order chi connectivity index (χ1) is 14.4. The number of carboxylic acid groups (broad SMARTS) is 1. The molecule has 4 rings (SSSR count). The van der Waals surface area contributed by atoms with Crippen molar-refractivity contribution in [3.8, 4) is 16.3 Å². The van der Waals surface area contributed by atoms with Gasteiger partial charge in [-0.25, -0.2) is 9.78 Å². The van der Waals surface area contributed by atoms with Crippen molar-refractivity contribution in [1.29, 1.82) is 0 Å². The first-order valence-electron chi connectivity index (χ1n) is 9.37. The molecule has 1 fully saturated rings. The monoisotopic (exact) mass is 444 g/mol. The first kappa shape index (κ1) is 20.4. The zero-order valence-corrected chi connectivity index (χ0v) is 17.8. The van der Waals surface area contributed by atoms with Gasteiger partial charge in [0.05, 0.1) is 18.4 Å². The quantitative estimate of drug-likeness (QED) is 0.552. The lowest BCUT2D eigenvalue weighted by atomic mass is 9.80. The van der Waals surface area contributed by atoms with Crippen LogP contribution in [-0.2, 0) is 10.0 Å². The van der Waals surface area contributed by atoms with Gasteiger partial charge in [0.1, 0.15) is 10.8 Å². The highest BCUT2D eigenvalue weighted by atomic mass is 32.2. The zero-order valence-electron chi connectivity index (χ0n) is 16.2. The smallest absolute Gasteiger partial charge is 0.335 e. The number of aromatic nitrogens is 1. The van der Waals surface area contributed by atoms with Gasteiger partial charge in [0, 0.05) is 10.9 Å². The maximum absolute atomic E-state index is 12.8. The molecule has 0 bridgehead atoms. The second-order valence-electron chi connectivity index (χ2n) is 7.07. The average molecular weight is 445 g/mol. The summed E-state index contributed by atoms with van der Waals surface area (Å²) in [5, 5.41) is 11.1. The molecule has 0 radical (unpaired) electrons. The molecule has 156 valence electrons. The van der Waals surface area contributed by atoms with Gasteiger partial charge in [-0.05, 0) is 42.5 Å². The van der Waals surface area contributed by atoms with E-state index in [1.807, 2.05) is 12.1 Å². The van der Waals surface area contributed by atoms with Crippen LogP contribution in [0.2, 0.25) is 0 Å². The highest BCUT2D eigenvalue weighted by molar-refractivity contribution is 7.92. The Balaban J connectivity index is 1.55. The lowest BCUT2D eigenvalue weighted by molar-refractivity contribution is 0.0696. The first-order valence-corrected chi connectivity index (χ1v) is 11.7. The molecular weight excluding hydrogens is 424 g/mol. The van der Waals surface area contributed by atoms with Crippen LogP contribution in [0.1, 0.15) is 41.1 Å². The van der Waals surface area contributed by atoms with Gasteiger partial charge in [-0.3, -0.25) is 4.72 Å². The van der Waals surface area contributed by atoms with Crippen molar-refractivity contribution in [2.24, 2.45) is 0 Å². The van der Waals surface area contributed by atoms with Crippen LogP contribution in [0.25, 0.3) is 10.6 Å². The molecule has 1 heterocycles. The van der Waals surface area contributed by atoms with E-state index < -0.39 is 16.0 Å². The molecule has 3 aromatic rings. The number of nitrogens with one attached hydrogen (secondary N) is 1. The van der Waals surface area contributed by atoms with Gasteiger partial charge < -0.3 is 9.84 Å². The van der Waals surface area contributed by atoms with E-state index in [0.717, 1.165) is 5.56 Å². The summed E-state index contributed by atoms with van der Waals surface area (Å²) >= 11 is 1.25. The number of anilines is 1. The Labute approximate surface area is 178 Å². The molecule has 1 aliphatic rings. The van der Waals surface area contributed by atoms with Crippen LogP contribution in [0.15, 0.2) is 52.9 Å². The van der Waals surface area contributed by atoms with Gasteiger partial charge in [0.15, 0.2) is 5.03 Å². The van der Waals surface area contributed by atoms with Crippen molar-refractivity contribution < 1.29 is 23.1 Å². The molecule has 2 N–H and O–H groups in total. The normalized spacial score (nSPS) is 14.2. The Hall–Kier alpha value is -2.91. The molecule has 0 unspecified atom stereocenters. The van der Waals surface area contributed by atoms with E-state index in [1.54, 1.807) is 0 Å². The van der Waals surface area contributed by atoms with E-state index in [-0.39, 0.29) is 22.0 Å². The summed E-state index contributed by atoms with van der Waals surface area (Å²) in [6.07, 6.45) is 3.72. The number of benzene rings is 2. The number of carboxylic acids is 1. The Bertz CT molecular complexity index is 1180. The molecule has 0 amide bonds. The molecule has 2 aromatic carbocycles. The largest absolute Gasteiger partial charge is 0.495 e. The number of carbonyl (C=O) groups is 1. The van der Waals surface area contributed by atoms with E-state index in [4.69, 9.17) is 9.84 Å². The van der Waals surface area contributed by atoms with Gasteiger partial charge >= 0.3 is 5.97 Å². The van der Waals surface area contributed by atoms with E-state index in [0.29, 0.717) is 10.9 Å². The second-order valence-corrected chi connectivity index (χ2v) is 9.55. The SMILES string of the molecule is COc1cc(C(=O)O)ccc1NS(=O)(=O)c1csc(-c2ccc(C3CCC3)cc2)n1. The Kier molecular flexibility index (Phi) is 5.48. The van der Waals surface area contributed by atoms with Gasteiger partial charge in [0.25, 0.3) is 10.0 Å². The lowest BCUT2D eigenvalue weighted by Gasteiger charge is -2.25. The summed E-state index contributed by atoms with van der Waals surface area (Å²) in [5.74, 6) is -0.381. The summed E-state index contributed by atoms with van der Waals surface area (Å²) in [6, 6.07) is 12.0. The van der Waals surface area contributed by atoms with Crippen LogP contribution in [0.3, 0.4) is 0 Å². The van der Waals surface area contributed by atoms with Crippen molar-refractivity contribution in [3.05, 3.63) is 59.0 Å². The van der Waals surface area contributed by atoms with Crippen molar-refractivity contribution in [1.82, 2.24) is 4.98 Å². The van der Waals surface area contributed by atoms with Crippen LogP contribution in [-0.4, -0.2) is 31.6 Å². The average Bonchev–Trinajstić information content (AvgIpc) is 3.18. The highest BCUT2D eigenvalue weighted by Crippen LogP contribution is 2.37. The molecule has 0 aliphatic heterocycles. The number of hydrogen-bond donors (Lipinski definition) is 2. The molecule has 30 heavy (non-hydrogen) atoms. The third-order valence-corrected chi connectivity index (χ3v) is 7.47. The number of methoxy groups -OCH3 is 1. The fraction of sp³-hybridized carbons (Fsp3) is 0.238. The molecule has 0 spiro atoms. The third-order valence-electron chi connectivity index (χ3n) is 5.19. The van der Waals surface area contributed by atoms with E-state index >= 15 is 0 Å². The standard InChI is InChI=1S/C21H20N2O5S2/c1-28-18-11-16(21(24)25)9-10-17(18)23-30(26,27)19-12-29-20(22-19)15-7-5-14(6-8-15)13-3-2-4-13/h5-13,23H,2-4H2,1H3,(H,24,25). The van der Waals surface area contributed by atoms with Crippen LogP contribution in [0.5, 0.6) is 5.75 Å². The Morgan fingerprint density at radius 2 is 1.93 bits per heavy atom. The maximum atomic E-state index is 12.8. The predicted molar refractivity (Wildman–Crippen MR) is 115 cm³/mol. The predicted octanol–water partition coefficient (Wildman–Crippen LogP) is 4.59. The molecular formula is C21H20N2O5S2. The number of aromatic carboxylic acids is 1. The summed E-state index contributed by atoms with van der Waals surface area (Å²) in [4.78, 5) is 15.4. The van der Waals surface area contributed by atoms with Crippen LogP contribution in [0, 0.1) is 0 Å². The van der Waals surface area contributed by atoms with Crippen molar-refractivity contribution >= 4 is 33.0 Å². The number of ether oxygens (including phenoxy) is 1. The summed E-state index contributed by atoms with van der Waals surface area (Å²) in [6.45, 7) is 0. The number of hydrogen-bond acceptors (Lipinski definition) is 6. The van der Waals surface area contributed by atoms with Gasteiger partial charge in [0.2, 0.25) is 0 Å². The maximum Gasteiger partial charge on any atom is 0.335 e. The molecule has 7 nitrogen and oxygen atoms in total. The summed E-state index contributed by atoms with van der Waals surface area (Å²) < 4.78 is 33.1. The minimum Gasteiger partial charge on any atom is -0.495 e. The second kappa shape index (κ2) is 8.08. The summed E-state index contributed by atoms with van der Waals surface area (Å²) in [7, 11) is -2.62. The molecule has 0 atom stereocenters. The van der Waals surface area contributed by atoms with E-state index in [2.05, 4.69) is 21.8 Å². The van der Waals surface area contributed by atoms with Gasteiger partial charge in [-0.2, -0.15) is 8.42 Å². The zero-order chi connectivity index (χ0) is 21.3. The lowest BCUT2D eigenvalue weighted by Crippen LogP contribution is -2.14. The Morgan fingerprint density at radius 3 is 2.53 bits per heavy atom. The minimum atomic E-state index is -3.96. The van der Waals surface area contributed by atoms with Crippen molar-refractivity contribution in [2.75, 3.05) is 11.8 Å². The molecule has 0 saturated heterocycles.